The highest BCUT2D eigenvalue weighted by atomic mass is 32.1. The fourth-order valence-electron chi connectivity index (χ4n) is 1.36. The van der Waals surface area contributed by atoms with E-state index in [0.717, 1.165) is 6.42 Å². The lowest BCUT2D eigenvalue weighted by atomic mass is 9.82. The van der Waals surface area contributed by atoms with E-state index in [4.69, 9.17) is 12.2 Å². The molecule has 70 valence electrons. The number of aryl methyl sites for hydroxylation is 1. The Morgan fingerprint density at radius 2 is 2.15 bits per heavy atom. The lowest BCUT2D eigenvalue weighted by Gasteiger charge is -2.23. The van der Waals surface area contributed by atoms with Crippen LogP contribution in [0.15, 0.2) is 24.3 Å². The number of hydrogen-bond acceptors (Lipinski definition) is 1. The molecule has 0 radical (unpaired) electrons. The van der Waals surface area contributed by atoms with Crippen molar-refractivity contribution in [2.24, 2.45) is 0 Å². The van der Waals surface area contributed by atoms with E-state index in [1.54, 1.807) is 0 Å². The van der Waals surface area contributed by atoms with Crippen LogP contribution in [0.4, 0.5) is 0 Å². The van der Waals surface area contributed by atoms with Gasteiger partial charge < -0.3 is 0 Å². The summed E-state index contributed by atoms with van der Waals surface area (Å²) in [7, 11) is 0. The van der Waals surface area contributed by atoms with Crippen LogP contribution in [-0.2, 0) is 5.41 Å². The predicted octanol–water partition coefficient (Wildman–Crippen LogP) is 3.66. The third-order valence-electron chi connectivity index (χ3n) is 2.67. The summed E-state index contributed by atoms with van der Waals surface area (Å²) in [5, 5.41) is 1.88. The van der Waals surface area contributed by atoms with Gasteiger partial charge in [-0.15, -0.1) is 0 Å². The monoisotopic (exact) mass is 192 g/mol. The van der Waals surface area contributed by atoms with Gasteiger partial charge in [-0.2, -0.15) is 0 Å². The zero-order chi connectivity index (χ0) is 9.90. The van der Waals surface area contributed by atoms with E-state index < -0.39 is 0 Å². The fourth-order valence-corrected chi connectivity index (χ4v) is 1.66. The molecular formula is C12H16S. The minimum atomic E-state index is 0.0569. The van der Waals surface area contributed by atoms with Gasteiger partial charge in [0.1, 0.15) is 0 Å². The lowest BCUT2D eigenvalue weighted by molar-refractivity contribution is 0.632. The van der Waals surface area contributed by atoms with Crippen LogP contribution in [0, 0.1) is 6.92 Å². The van der Waals surface area contributed by atoms with E-state index in [1.807, 2.05) is 5.37 Å². The Labute approximate surface area is 86.0 Å². The van der Waals surface area contributed by atoms with Gasteiger partial charge in [-0.05, 0) is 24.3 Å². The quantitative estimate of drug-likeness (QED) is 0.659. The summed E-state index contributed by atoms with van der Waals surface area (Å²) in [4.78, 5) is 0. The molecule has 0 amide bonds. The van der Waals surface area contributed by atoms with Crippen LogP contribution in [-0.4, -0.2) is 5.37 Å². The zero-order valence-electron chi connectivity index (χ0n) is 8.50. The molecule has 0 bridgehead atoms. The second-order valence-corrected chi connectivity index (χ2v) is 3.99. The second-order valence-electron chi connectivity index (χ2n) is 3.76. The highest BCUT2D eigenvalue weighted by Gasteiger charge is 2.20. The lowest BCUT2D eigenvalue weighted by Crippen LogP contribution is -2.21. The van der Waals surface area contributed by atoms with Crippen molar-refractivity contribution in [1.29, 1.82) is 0 Å². The van der Waals surface area contributed by atoms with Crippen LogP contribution < -0.4 is 0 Å². The Kier molecular flexibility index (Phi) is 3.21. The van der Waals surface area contributed by atoms with Gasteiger partial charge in [-0.25, -0.2) is 0 Å². The van der Waals surface area contributed by atoms with Crippen LogP contribution in [0.25, 0.3) is 0 Å². The van der Waals surface area contributed by atoms with Crippen molar-refractivity contribution >= 4 is 17.6 Å². The summed E-state index contributed by atoms with van der Waals surface area (Å²) in [6, 6.07) is 8.58. The molecule has 1 heteroatoms. The number of rotatable bonds is 3. The van der Waals surface area contributed by atoms with Crippen molar-refractivity contribution in [3.8, 4) is 0 Å². The molecule has 13 heavy (non-hydrogen) atoms. The summed E-state index contributed by atoms with van der Waals surface area (Å²) in [5.41, 5.74) is 2.68. The Bertz CT molecular complexity index is 304. The molecule has 0 nitrogen and oxygen atoms in total. The first-order valence-electron chi connectivity index (χ1n) is 4.66. The first kappa shape index (κ1) is 10.4. The Morgan fingerprint density at radius 3 is 2.62 bits per heavy atom. The molecule has 0 saturated heterocycles. The summed E-state index contributed by atoms with van der Waals surface area (Å²) >= 11 is 5.09. The van der Waals surface area contributed by atoms with Gasteiger partial charge in [0.25, 0.3) is 0 Å². The number of benzene rings is 1. The second kappa shape index (κ2) is 4.01. The minimum Gasteiger partial charge on any atom is -0.0925 e. The smallest absolute Gasteiger partial charge is 0.0205 e. The van der Waals surface area contributed by atoms with Crippen molar-refractivity contribution in [2.75, 3.05) is 0 Å². The average Bonchev–Trinajstić information content (AvgIpc) is 2.17. The summed E-state index contributed by atoms with van der Waals surface area (Å²) in [6.07, 6.45) is 1.06. The number of hydrogen-bond donors (Lipinski definition) is 0. The van der Waals surface area contributed by atoms with Gasteiger partial charge in [0, 0.05) is 5.41 Å². The van der Waals surface area contributed by atoms with Crippen LogP contribution in [0.2, 0.25) is 0 Å². The van der Waals surface area contributed by atoms with Crippen LogP contribution in [0.3, 0.4) is 0 Å². The maximum Gasteiger partial charge on any atom is 0.0205 e. The van der Waals surface area contributed by atoms with E-state index in [0.29, 0.717) is 0 Å². The Balaban J connectivity index is 3.12. The Morgan fingerprint density at radius 1 is 1.46 bits per heavy atom. The fraction of sp³-hybridized carbons (Fsp3) is 0.417. The third-order valence-corrected chi connectivity index (χ3v) is 3.19. The summed E-state index contributed by atoms with van der Waals surface area (Å²) < 4.78 is 0. The SMILES string of the molecule is CCC(C)(C=S)c1cccc(C)c1. The summed E-state index contributed by atoms with van der Waals surface area (Å²) in [5.74, 6) is 0. The molecule has 1 unspecified atom stereocenters. The molecule has 1 atom stereocenters. The highest BCUT2D eigenvalue weighted by molar-refractivity contribution is 7.79. The standard InChI is InChI=1S/C12H16S/c1-4-12(3,9-13)11-7-5-6-10(2)8-11/h5-9H,4H2,1-3H3. The third kappa shape index (κ3) is 2.16. The zero-order valence-corrected chi connectivity index (χ0v) is 9.32. The molecule has 0 N–H and O–H groups in total. The largest absolute Gasteiger partial charge is 0.0925 e. The van der Waals surface area contributed by atoms with Gasteiger partial charge in [0.2, 0.25) is 0 Å². The molecule has 1 aromatic rings. The predicted molar refractivity (Wildman–Crippen MR) is 62.5 cm³/mol. The molecule has 1 aromatic carbocycles. The molecule has 0 aliphatic heterocycles. The molecule has 0 aromatic heterocycles. The van der Waals surface area contributed by atoms with Crippen LogP contribution in [0.1, 0.15) is 31.4 Å². The summed E-state index contributed by atoms with van der Waals surface area (Å²) in [6.45, 7) is 6.48. The normalized spacial score (nSPS) is 15.0. The van der Waals surface area contributed by atoms with E-state index >= 15 is 0 Å². The Hall–Kier alpha value is -0.690. The number of thiocarbonyl (C=S) groups is 1. The van der Waals surface area contributed by atoms with Crippen LogP contribution >= 0.6 is 12.2 Å². The first-order chi connectivity index (χ1) is 6.12. The van der Waals surface area contributed by atoms with Crippen molar-refractivity contribution in [3.63, 3.8) is 0 Å². The maximum absolute atomic E-state index is 5.09. The highest BCUT2D eigenvalue weighted by Crippen LogP contribution is 2.25. The van der Waals surface area contributed by atoms with Crippen molar-refractivity contribution in [1.82, 2.24) is 0 Å². The molecular weight excluding hydrogens is 176 g/mol. The van der Waals surface area contributed by atoms with E-state index in [1.165, 1.54) is 11.1 Å². The average molecular weight is 192 g/mol. The maximum atomic E-state index is 5.09. The molecule has 0 spiro atoms. The van der Waals surface area contributed by atoms with E-state index in [2.05, 4.69) is 45.0 Å². The van der Waals surface area contributed by atoms with Gasteiger partial charge in [0.15, 0.2) is 0 Å². The van der Waals surface area contributed by atoms with Crippen molar-refractivity contribution in [3.05, 3.63) is 35.4 Å². The van der Waals surface area contributed by atoms with E-state index in [9.17, 15) is 0 Å². The first-order valence-corrected chi connectivity index (χ1v) is 5.13. The van der Waals surface area contributed by atoms with Gasteiger partial charge in [-0.1, -0.05) is 55.9 Å². The van der Waals surface area contributed by atoms with Crippen molar-refractivity contribution < 1.29 is 0 Å². The molecule has 1 rings (SSSR count). The molecule has 0 aliphatic carbocycles. The van der Waals surface area contributed by atoms with Gasteiger partial charge in [-0.3, -0.25) is 0 Å². The van der Waals surface area contributed by atoms with Crippen molar-refractivity contribution in [2.45, 2.75) is 32.6 Å². The van der Waals surface area contributed by atoms with Crippen LogP contribution in [0.5, 0.6) is 0 Å². The minimum absolute atomic E-state index is 0.0569. The topological polar surface area (TPSA) is 0 Å². The molecule has 0 heterocycles. The van der Waals surface area contributed by atoms with Gasteiger partial charge in [0.05, 0.1) is 0 Å². The molecule has 0 aliphatic rings. The van der Waals surface area contributed by atoms with Gasteiger partial charge >= 0.3 is 0 Å². The molecule has 0 saturated carbocycles. The molecule has 0 fully saturated rings. The van der Waals surface area contributed by atoms with E-state index in [-0.39, 0.29) is 5.41 Å².